The molecule has 0 bridgehead atoms. The largest absolute Gasteiger partial charge is 0.383 e. The van der Waals surface area contributed by atoms with Crippen molar-refractivity contribution >= 4 is 22.0 Å². The lowest BCUT2D eigenvalue weighted by atomic mass is 9.82. The van der Waals surface area contributed by atoms with E-state index in [0.717, 1.165) is 6.26 Å². The van der Waals surface area contributed by atoms with Gasteiger partial charge in [0.25, 0.3) is 5.91 Å². The zero-order valence-corrected chi connectivity index (χ0v) is 17.1. The first-order valence-electron chi connectivity index (χ1n) is 9.06. The van der Waals surface area contributed by atoms with Gasteiger partial charge in [0.2, 0.25) is 0 Å². The van der Waals surface area contributed by atoms with Crippen molar-refractivity contribution in [3.63, 3.8) is 0 Å². The van der Waals surface area contributed by atoms with E-state index < -0.39 is 27.4 Å². The standard InChI is InChI=1S/C21H17FN4O4S/c1-31(28,29)30-16-5-2-14(3-6-16)21(19(27)25-20(23)26-21)15-4-7-18(22)17(12-15)13-8-10-24-11-9-13/h2-12H,1H3,(H3,23,25,26,27). The topological polar surface area (TPSA) is 124 Å². The Hall–Kier alpha value is -3.79. The Morgan fingerprint density at radius 1 is 1.03 bits per heavy atom. The highest BCUT2D eigenvalue weighted by Gasteiger charge is 2.47. The van der Waals surface area contributed by atoms with Gasteiger partial charge in [-0.3, -0.25) is 15.1 Å². The summed E-state index contributed by atoms with van der Waals surface area (Å²) in [5.74, 6) is -1.00. The molecule has 4 rings (SSSR count). The molecular formula is C21H17FN4O4S. The predicted octanol–water partition coefficient (Wildman–Crippen LogP) is 1.91. The third kappa shape index (κ3) is 3.84. The molecule has 0 aliphatic carbocycles. The summed E-state index contributed by atoms with van der Waals surface area (Å²) in [5.41, 5.74) is 5.85. The van der Waals surface area contributed by atoms with Crippen LogP contribution in [0, 0.1) is 5.82 Å². The van der Waals surface area contributed by atoms with Crippen molar-refractivity contribution in [3.05, 3.63) is 83.9 Å². The molecule has 3 aromatic rings. The molecule has 0 saturated heterocycles. The molecule has 0 spiro atoms. The van der Waals surface area contributed by atoms with Crippen LogP contribution in [-0.4, -0.2) is 31.5 Å². The summed E-state index contributed by atoms with van der Waals surface area (Å²) in [6.07, 6.45) is 4.00. The molecule has 2 aromatic carbocycles. The Morgan fingerprint density at radius 3 is 2.26 bits per heavy atom. The maximum Gasteiger partial charge on any atom is 0.306 e. The van der Waals surface area contributed by atoms with E-state index in [1.165, 1.54) is 54.9 Å². The van der Waals surface area contributed by atoms with Gasteiger partial charge in [-0.05, 0) is 53.1 Å². The Balaban J connectivity index is 1.87. The van der Waals surface area contributed by atoms with Gasteiger partial charge in [-0.15, -0.1) is 0 Å². The lowest BCUT2D eigenvalue weighted by molar-refractivity contribution is -0.122. The maximum absolute atomic E-state index is 14.6. The second-order valence-electron chi connectivity index (χ2n) is 6.90. The van der Waals surface area contributed by atoms with E-state index >= 15 is 0 Å². The Bertz CT molecular complexity index is 1290. The highest BCUT2D eigenvalue weighted by molar-refractivity contribution is 7.86. The van der Waals surface area contributed by atoms with Crippen molar-refractivity contribution in [3.8, 4) is 16.9 Å². The molecule has 1 aliphatic rings. The number of guanidine groups is 1. The molecule has 0 saturated carbocycles. The smallest absolute Gasteiger partial charge is 0.306 e. The highest BCUT2D eigenvalue weighted by Crippen LogP contribution is 2.39. The van der Waals surface area contributed by atoms with Crippen molar-refractivity contribution < 1.29 is 21.8 Å². The van der Waals surface area contributed by atoms with E-state index in [1.54, 1.807) is 12.1 Å². The number of benzene rings is 2. The van der Waals surface area contributed by atoms with Crippen molar-refractivity contribution in [2.24, 2.45) is 10.7 Å². The van der Waals surface area contributed by atoms with Gasteiger partial charge in [0.05, 0.1) is 6.26 Å². The van der Waals surface area contributed by atoms with Crippen LogP contribution >= 0.6 is 0 Å². The van der Waals surface area contributed by atoms with Crippen LogP contribution in [-0.2, 0) is 20.5 Å². The minimum absolute atomic E-state index is 0.0772. The number of halogens is 1. The molecule has 2 heterocycles. The Labute approximate surface area is 177 Å². The van der Waals surface area contributed by atoms with Gasteiger partial charge in [0, 0.05) is 18.0 Å². The Kier molecular flexibility index (Phi) is 4.94. The summed E-state index contributed by atoms with van der Waals surface area (Å²) in [4.78, 5) is 21.3. The van der Waals surface area contributed by atoms with Crippen molar-refractivity contribution in [1.29, 1.82) is 0 Å². The van der Waals surface area contributed by atoms with Crippen LogP contribution < -0.4 is 15.2 Å². The quantitative estimate of drug-likeness (QED) is 0.584. The number of rotatable bonds is 5. The summed E-state index contributed by atoms with van der Waals surface area (Å²) in [7, 11) is -3.71. The van der Waals surface area contributed by atoms with Gasteiger partial charge < -0.3 is 9.92 Å². The van der Waals surface area contributed by atoms with E-state index in [2.05, 4.69) is 15.3 Å². The van der Waals surface area contributed by atoms with Crippen LogP contribution in [0.5, 0.6) is 5.75 Å². The normalized spacial score (nSPS) is 18.4. The molecule has 8 nitrogen and oxygen atoms in total. The second-order valence-corrected chi connectivity index (χ2v) is 8.48. The minimum atomic E-state index is -3.71. The van der Waals surface area contributed by atoms with E-state index in [0.29, 0.717) is 16.7 Å². The molecule has 1 aromatic heterocycles. The first-order valence-corrected chi connectivity index (χ1v) is 10.9. The van der Waals surface area contributed by atoms with Gasteiger partial charge in [0.1, 0.15) is 11.6 Å². The number of aromatic nitrogens is 1. The van der Waals surface area contributed by atoms with Crippen LogP contribution in [0.3, 0.4) is 0 Å². The van der Waals surface area contributed by atoms with Crippen LogP contribution in [0.2, 0.25) is 0 Å². The van der Waals surface area contributed by atoms with E-state index in [9.17, 15) is 17.6 Å². The van der Waals surface area contributed by atoms with E-state index in [-0.39, 0.29) is 17.3 Å². The number of carbonyl (C=O) groups is 1. The average Bonchev–Trinajstić information content (AvgIpc) is 3.03. The van der Waals surface area contributed by atoms with Crippen molar-refractivity contribution in [2.45, 2.75) is 5.54 Å². The molecule has 31 heavy (non-hydrogen) atoms. The molecule has 1 atom stereocenters. The monoisotopic (exact) mass is 440 g/mol. The molecular weight excluding hydrogens is 423 g/mol. The SMILES string of the molecule is CS(=O)(=O)Oc1ccc(C2(c3ccc(F)c(-c4ccncc4)c3)N=C(N)NC2=O)cc1. The summed E-state index contributed by atoms with van der Waals surface area (Å²) < 4.78 is 42.2. The highest BCUT2D eigenvalue weighted by atomic mass is 32.2. The number of carbonyl (C=O) groups excluding carboxylic acids is 1. The van der Waals surface area contributed by atoms with Gasteiger partial charge in [-0.2, -0.15) is 8.42 Å². The van der Waals surface area contributed by atoms with Crippen LogP contribution in [0.4, 0.5) is 4.39 Å². The van der Waals surface area contributed by atoms with Gasteiger partial charge >= 0.3 is 10.1 Å². The minimum Gasteiger partial charge on any atom is -0.383 e. The molecule has 1 unspecified atom stereocenters. The summed E-state index contributed by atoms with van der Waals surface area (Å²) in [5, 5.41) is 2.49. The first-order chi connectivity index (χ1) is 14.7. The lowest BCUT2D eigenvalue weighted by Crippen LogP contribution is -2.39. The average molecular weight is 440 g/mol. The number of nitrogens with zero attached hydrogens (tertiary/aromatic N) is 2. The fourth-order valence-corrected chi connectivity index (χ4v) is 3.91. The number of pyridine rings is 1. The zero-order chi connectivity index (χ0) is 22.2. The number of nitrogens with one attached hydrogen (secondary N) is 1. The van der Waals surface area contributed by atoms with Crippen LogP contribution in [0.25, 0.3) is 11.1 Å². The van der Waals surface area contributed by atoms with Crippen molar-refractivity contribution in [1.82, 2.24) is 10.3 Å². The molecule has 10 heteroatoms. The molecule has 158 valence electrons. The molecule has 1 aliphatic heterocycles. The fourth-order valence-electron chi connectivity index (χ4n) is 3.45. The van der Waals surface area contributed by atoms with E-state index in [1.807, 2.05) is 0 Å². The fraction of sp³-hybridized carbons (Fsp3) is 0.0952. The van der Waals surface area contributed by atoms with Gasteiger partial charge in [-0.1, -0.05) is 18.2 Å². The number of hydrogen-bond donors (Lipinski definition) is 2. The number of amides is 1. The summed E-state index contributed by atoms with van der Waals surface area (Å²) in [6.45, 7) is 0. The summed E-state index contributed by atoms with van der Waals surface area (Å²) >= 11 is 0. The van der Waals surface area contributed by atoms with Crippen LogP contribution in [0.1, 0.15) is 11.1 Å². The lowest BCUT2D eigenvalue weighted by Gasteiger charge is -2.25. The number of aliphatic imine (C=N–C) groups is 1. The number of nitrogens with two attached hydrogens (primary N) is 1. The van der Waals surface area contributed by atoms with E-state index in [4.69, 9.17) is 9.92 Å². The maximum atomic E-state index is 14.6. The third-order valence-electron chi connectivity index (χ3n) is 4.75. The molecule has 0 fully saturated rings. The van der Waals surface area contributed by atoms with Crippen molar-refractivity contribution in [2.75, 3.05) is 6.26 Å². The predicted molar refractivity (Wildman–Crippen MR) is 112 cm³/mol. The zero-order valence-electron chi connectivity index (χ0n) is 16.2. The molecule has 0 radical (unpaired) electrons. The Morgan fingerprint density at radius 2 is 1.68 bits per heavy atom. The van der Waals surface area contributed by atoms with Gasteiger partial charge in [0.15, 0.2) is 11.5 Å². The first kappa shape index (κ1) is 20.5. The summed E-state index contributed by atoms with van der Waals surface area (Å²) in [6, 6.07) is 13.4. The molecule has 3 N–H and O–H groups in total. The third-order valence-corrected chi connectivity index (χ3v) is 5.25. The second kappa shape index (κ2) is 7.47. The van der Waals surface area contributed by atoms with Gasteiger partial charge in [-0.25, -0.2) is 9.38 Å². The number of hydrogen-bond acceptors (Lipinski definition) is 7. The van der Waals surface area contributed by atoms with Crippen LogP contribution in [0.15, 0.2) is 72.0 Å². The molecule has 1 amide bonds.